The van der Waals surface area contributed by atoms with Crippen LogP contribution in [0.5, 0.6) is 0 Å². The summed E-state index contributed by atoms with van der Waals surface area (Å²) in [7, 11) is 0. The number of hydrogen-bond acceptors (Lipinski definition) is 4. The van der Waals surface area contributed by atoms with E-state index >= 15 is 0 Å². The van der Waals surface area contributed by atoms with Crippen molar-refractivity contribution in [3.8, 4) is 0 Å². The van der Waals surface area contributed by atoms with E-state index in [0.717, 1.165) is 0 Å². The molecular weight excluding hydrogens is 260 g/mol. The number of carbonyl (C=O) groups is 1. The number of para-hydroxylation sites is 1. The van der Waals surface area contributed by atoms with Crippen molar-refractivity contribution in [1.82, 2.24) is 5.32 Å². The Kier molecular flexibility index (Phi) is 5.06. The van der Waals surface area contributed by atoms with E-state index in [9.17, 15) is 14.9 Å². The number of halogens is 1. The van der Waals surface area contributed by atoms with Crippen molar-refractivity contribution < 1.29 is 14.8 Å². The van der Waals surface area contributed by atoms with E-state index in [-0.39, 0.29) is 17.2 Å². The summed E-state index contributed by atoms with van der Waals surface area (Å²) in [5.41, 5.74) is -0.538. The highest BCUT2D eigenvalue weighted by atomic mass is 35.5. The van der Waals surface area contributed by atoms with Crippen LogP contribution in [0, 0.1) is 10.1 Å². The number of carbonyl (C=O) groups excluding carboxylic acids is 1. The van der Waals surface area contributed by atoms with Gasteiger partial charge in [-0.25, -0.2) is 0 Å². The molecule has 1 amide bonds. The lowest BCUT2D eigenvalue weighted by Crippen LogP contribution is -2.37. The summed E-state index contributed by atoms with van der Waals surface area (Å²) in [5.74, 6) is -0.620. The second kappa shape index (κ2) is 6.32. The molecule has 0 saturated carbocycles. The van der Waals surface area contributed by atoms with E-state index in [1.54, 1.807) is 6.92 Å². The average Bonchev–Trinajstić information content (AvgIpc) is 2.34. The predicted molar refractivity (Wildman–Crippen MR) is 66.7 cm³/mol. The zero-order valence-corrected chi connectivity index (χ0v) is 10.5. The first-order valence-corrected chi connectivity index (χ1v) is 5.73. The average molecular weight is 273 g/mol. The van der Waals surface area contributed by atoms with Gasteiger partial charge in [0.25, 0.3) is 5.91 Å². The molecule has 7 heteroatoms. The normalized spacial score (nSPS) is 11.9. The minimum Gasteiger partial charge on any atom is -0.394 e. The topological polar surface area (TPSA) is 92.5 Å². The number of amides is 1. The Labute approximate surface area is 109 Å². The van der Waals surface area contributed by atoms with Crippen LogP contribution in [0.15, 0.2) is 18.2 Å². The number of rotatable bonds is 5. The van der Waals surface area contributed by atoms with Crippen LogP contribution in [0.1, 0.15) is 23.7 Å². The van der Waals surface area contributed by atoms with Crippen molar-refractivity contribution in [2.24, 2.45) is 0 Å². The van der Waals surface area contributed by atoms with Crippen molar-refractivity contribution >= 4 is 23.2 Å². The zero-order valence-electron chi connectivity index (χ0n) is 9.72. The van der Waals surface area contributed by atoms with Crippen LogP contribution in [-0.2, 0) is 0 Å². The summed E-state index contributed by atoms with van der Waals surface area (Å²) >= 11 is 5.70. The SMILES string of the molecule is CCC(CO)NC(=O)c1cccc(Cl)c1[N+](=O)[O-]. The molecule has 6 nitrogen and oxygen atoms in total. The van der Waals surface area contributed by atoms with Crippen LogP contribution in [0.25, 0.3) is 0 Å². The first kappa shape index (κ1) is 14.4. The maximum absolute atomic E-state index is 11.9. The molecule has 1 rings (SSSR count). The number of aliphatic hydroxyl groups excluding tert-OH is 1. The maximum Gasteiger partial charge on any atom is 0.300 e. The van der Waals surface area contributed by atoms with Crippen molar-refractivity contribution in [3.63, 3.8) is 0 Å². The van der Waals surface area contributed by atoms with Gasteiger partial charge in [0, 0.05) is 0 Å². The van der Waals surface area contributed by atoms with Crippen molar-refractivity contribution in [2.75, 3.05) is 6.61 Å². The first-order valence-electron chi connectivity index (χ1n) is 5.35. The number of aliphatic hydroxyl groups is 1. The molecule has 0 spiro atoms. The lowest BCUT2D eigenvalue weighted by molar-refractivity contribution is -0.385. The van der Waals surface area contributed by atoms with Crippen LogP contribution in [0.4, 0.5) is 5.69 Å². The van der Waals surface area contributed by atoms with E-state index < -0.39 is 22.6 Å². The van der Waals surface area contributed by atoms with E-state index in [2.05, 4.69) is 5.32 Å². The van der Waals surface area contributed by atoms with Gasteiger partial charge < -0.3 is 10.4 Å². The molecule has 1 unspecified atom stereocenters. The summed E-state index contributed by atoms with van der Waals surface area (Å²) in [6.07, 6.45) is 0.524. The highest BCUT2D eigenvalue weighted by molar-refractivity contribution is 6.33. The molecule has 0 fully saturated rings. The van der Waals surface area contributed by atoms with Gasteiger partial charge in [-0.2, -0.15) is 0 Å². The van der Waals surface area contributed by atoms with E-state index in [1.807, 2.05) is 0 Å². The van der Waals surface area contributed by atoms with Crippen LogP contribution in [0.2, 0.25) is 5.02 Å². The van der Waals surface area contributed by atoms with Crippen molar-refractivity contribution in [1.29, 1.82) is 0 Å². The number of nitrogens with one attached hydrogen (secondary N) is 1. The Balaban J connectivity index is 3.06. The number of nitro benzene ring substituents is 1. The van der Waals surface area contributed by atoms with Gasteiger partial charge in [0.2, 0.25) is 0 Å². The summed E-state index contributed by atoms with van der Waals surface area (Å²) in [4.78, 5) is 22.0. The molecule has 0 aliphatic heterocycles. The van der Waals surface area contributed by atoms with Crippen molar-refractivity contribution in [3.05, 3.63) is 38.9 Å². The molecule has 0 bridgehead atoms. The summed E-state index contributed by atoms with van der Waals surface area (Å²) in [6.45, 7) is 1.56. The Morgan fingerprint density at radius 3 is 2.78 bits per heavy atom. The minimum atomic E-state index is -0.697. The van der Waals surface area contributed by atoms with Gasteiger partial charge in [0.1, 0.15) is 10.6 Å². The Hall–Kier alpha value is -1.66. The van der Waals surface area contributed by atoms with Gasteiger partial charge in [0.15, 0.2) is 0 Å². The molecule has 98 valence electrons. The third-order valence-corrected chi connectivity index (χ3v) is 2.77. The summed E-state index contributed by atoms with van der Waals surface area (Å²) < 4.78 is 0. The third-order valence-electron chi connectivity index (χ3n) is 2.46. The standard InChI is InChI=1S/C11H13ClN2O4/c1-2-7(6-15)13-11(16)8-4-3-5-9(12)10(8)14(17)18/h3-5,7,15H,2,6H2,1H3,(H,13,16). The Bertz CT molecular complexity index is 460. The second-order valence-corrected chi connectivity index (χ2v) is 4.06. The summed E-state index contributed by atoms with van der Waals surface area (Å²) in [6, 6.07) is 3.70. The van der Waals surface area contributed by atoms with Gasteiger partial charge in [-0.05, 0) is 18.6 Å². The first-order chi connectivity index (χ1) is 8.51. The van der Waals surface area contributed by atoms with E-state index in [1.165, 1.54) is 18.2 Å². The van der Waals surface area contributed by atoms with Gasteiger partial charge in [-0.15, -0.1) is 0 Å². The zero-order chi connectivity index (χ0) is 13.7. The highest BCUT2D eigenvalue weighted by Crippen LogP contribution is 2.28. The largest absolute Gasteiger partial charge is 0.394 e. The van der Waals surface area contributed by atoms with Gasteiger partial charge in [0.05, 0.1) is 17.6 Å². The summed E-state index contributed by atoms with van der Waals surface area (Å²) in [5, 5.41) is 22.3. The molecule has 0 aliphatic rings. The smallest absolute Gasteiger partial charge is 0.300 e. The maximum atomic E-state index is 11.9. The minimum absolute atomic E-state index is 0.0929. The second-order valence-electron chi connectivity index (χ2n) is 3.65. The number of nitro groups is 1. The molecule has 0 aromatic heterocycles. The monoisotopic (exact) mass is 272 g/mol. The van der Waals surface area contributed by atoms with Crippen LogP contribution < -0.4 is 5.32 Å². The van der Waals surface area contributed by atoms with Crippen LogP contribution in [-0.4, -0.2) is 28.6 Å². The quantitative estimate of drug-likeness (QED) is 0.631. The van der Waals surface area contributed by atoms with E-state index in [4.69, 9.17) is 16.7 Å². The van der Waals surface area contributed by atoms with Crippen LogP contribution >= 0.6 is 11.6 Å². The van der Waals surface area contributed by atoms with Gasteiger partial charge >= 0.3 is 5.69 Å². The number of hydrogen-bond donors (Lipinski definition) is 2. The molecule has 1 atom stereocenters. The molecule has 0 aliphatic carbocycles. The fourth-order valence-corrected chi connectivity index (χ4v) is 1.67. The molecule has 0 heterocycles. The highest BCUT2D eigenvalue weighted by Gasteiger charge is 2.24. The lowest BCUT2D eigenvalue weighted by atomic mass is 10.1. The number of nitrogens with zero attached hydrogens (tertiary/aromatic N) is 1. The molecular formula is C11H13ClN2O4. The fraction of sp³-hybridized carbons (Fsp3) is 0.364. The van der Waals surface area contributed by atoms with Gasteiger partial charge in [-0.1, -0.05) is 24.6 Å². The third kappa shape index (κ3) is 3.18. The van der Waals surface area contributed by atoms with E-state index in [0.29, 0.717) is 6.42 Å². The molecule has 0 radical (unpaired) electrons. The van der Waals surface area contributed by atoms with Crippen LogP contribution in [0.3, 0.4) is 0 Å². The Morgan fingerprint density at radius 2 is 2.28 bits per heavy atom. The Morgan fingerprint density at radius 1 is 1.61 bits per heavy atom. The molecule has 0 saturated heterocycles. The van der Waals surface area contributed by atoms with Crippen molar-refractivity contribution in [2.45, 2.75) is 19.4 Å². The lowest BCUT2D eigenvalue weighted by Gasteiger charge is -2.14. The fourth-order valence-electron chi connectivity index (χ4n) is 1.42. The molecule has 1 aromatic rings. The molecule has 1 aromatic carbocycles. The number of benzene rings is 1. The molecule has 2 N–H and O–H groups in total. The molecule has 18 heavy (non-hydrogen) atoms. The van der Waals surface area contributed by atoms with Gasteiger partial charge in [-0.3, -0.25) is 14.9 Å². The predicted octanol–water partition coefficient (Wildman–Crippen LogP) is 1.75.